The van der Waals surface area contributed by atoms with E-state index in [9.17, 15) is 9.59 Å². The summed E-state index contributed by atoms with van der Waals surface area (Å²) in [5.41, 5.74) is -0.0210. The molecule has 0 saturated heterocycles. The summed E-state index contributed by atoms with van der Waals surface area (Å²) in [6, 6.07) is 5.52. The Labute approximate surface area is 146 Å². The van der Waals surface area contributed by atoms with E-state index in [1.54, 1.807) is 6.07 Å². The summed E-state index contributed by atoms with van der Waals surface area (Å²) in [5.74, 6) is -1.05. The van der Waals surface area contributed by atoms with Gasteiger partial charge in [-0.15, -0.1) is 0 Å². The van der Waals surface area contributed by atoms with Crippen LogP contribution >= 0.6 is 38.5 Å². The maximum atomic E-state index is 12.5. The lowest BCUT2D eigenvalue weighted by molar-refractivity contribution is -0.139. The first-order valence-corrected chi connectivity index (χ1v) is 8.78. The molecule has 0 aliphatic heterocycles. The Bertz CT molecular complexity index is 556. The molecule has 1 aromatic carbocycles. The fourth-order valence-corrected chi connectivity index (χ4v) is 3.79. The van der Waals surface area contributed by atoms with Crippen LogP contribution in [0.25, 0.3) is 0 Å². The molecule has 21 heavy (non-hydrogen) atoms. The summed E-state index contributed by atoms with van der Waals surface area (Å²) in [4.78, 5) is 23.7. The molecule has 114 valence electrons. The predicted octanol–water partition coefficient (Wildman–Crippen LogP) is 3.96. The Balaban J connectivity index is 2.21. The lowest BCUT2D eigenvalue weighted by atomic mass is 9.79. The van der Waals surface area contributed by atoms with Crippen LogP contribution in [0.4, 0.5) is 0 Å². The zero-order chi connectivity index (χ0) is 15.5. The van der Waals surface area contributed by atoms with Crippen molar-refractivity contribution in [1.29, 1.82) is 0 Å². The molecule has 0 spiro atoms. The van der Waals surface area contributed by atoms with Crippen LogP contribution in [-0.4, -0.2) is 22.5 Å². The molecule has 0 radical (unpaired) electrons. The van der Waals surface area contributed by atoms with Gasteiger partial charge in [-0.1, -0.05) is 35.2 Å². The highest BCUT2D eigenvalue weighted by Crippen LogP contribution is 2.32. The van der Waals surface area contributed by atoms with Crippen molar-refractivity contribution in [3.05, 3.63) is 31.8 Å². The van der Waals surface area contributed by atoms with E-state index in [0.29, 0.717) is 5.56 Å². The van der Waals surface area contributed by atoms with Gasteiger partial charge in [0.05, 0.1) is 17.5 Å². The highest BCUT2D eigenvalue weighted by Gasteiger charge is 2.36. The van der Waals surface area contributed by atoms with E-state index in [2.05, 4.69) is 43.8 Å². The van der Waals surface area contributed by atoms with Gasteiger partial charge in [-0.2, -0.15) is 0 Å². The molecule has 6 heteroatoms. The molecule has 2 rings (SSSR count). The molecular weight excluding hydrogens is 449 g/mol. The molecule has 0 bridgehead atoms. The number of carbonyl (C=O) groups is 2. The van der Waals surface area contributed by atoms with Gasteiger partial charge in [0, 0.05) is 8.04 Å². The van der Waals surface area contributed by atoms with E-state index in [1.807, 2.05) is 12.1 Å². The number of aliphatic carboxylic acids is 1. The standard InChI is InChI=1S/C15H17BrINO3/c16-10-4-5-12(17)11(8-10)14(21)18-15(9-13(19)20)6-2-1-3-7-15/h4-5,8H,1-3,6-7,9H2,(H,18,21)(H,19,20). The third kappa shape index (κ3) is 4.42. The summed E-state index contributed by atoms with van der Waals surface area (Å²) in [7, 11) is 0. The monoisotopic (exact) mass is 465 g/mol. The fraction of sp³-hybridized carbons (Fsp3) is 0.467. The van der Waals surface area contributed by atoms with Crippen LogP contribution in [0.15, 0.2) is 22.7 Å². The molecule has 0 heterocycles. The normalized spacial score (nSPS) is 17.2. The van der Waals surface area contributed by atoms with Crippen molar-refractivity contribution in [2.75, 3.05) is 0 Å². The van der Waals surface area contributed by atoms with E-state index in [0.717, 1.165) is 40.1 Å². The van der Waals surface area contributed by atoms with Gasteiger partial charge in [-0.3, -0.25) is 9.59 Å². The first-order valence-electron chi connectivity index (χ1n) is 6.91. The van der Waals surface area contributed by atoms with Gasteiger partial charge < -0.3 is 10.4 Å². The first kappa shape index (κ1) is 16.7. The Morgan fingerprint density at radius 3 is 2.57 bits per heavy atom. The second-order valence-corrected chi connectivity index (χ2v) is 7.57. The molecular formula is C15H17BrINO3. The topological polar surface area (TPSA) is 66.4 Å². The second-order valence-electron chi connectivity index (χ2n) is 5.49. The van der Waals surface area contributed by atoms with Crippen LogP contribution in [0.1, 0.15) is 48.9 Å². The summed E-state index contributed by atoms with van der Waals surface area (Å²) in [5, 5.41) is 12.2. The largest absolute Gasteiger partial charge is 0.481 e. The predicted molar refractivity (Wildman–Crippen MR) is 92.4 cm³/mol. The number of carbonyl (C=O) groups excluding carboxylic acids is 1. The number of rotatable bonds is 4. The average Bonchev–Trinajstić information content (AvgIpc) is 2.41. The molecule has 1 saturated carbocycles. The molecule has 0 atom stereocenters. The molecule has 4 nitrogen and oxygen atoms in total. The Morgan fingerprint density at radius 1 is 1.29 bits per heavy atom. The van der Waals surface area contributed by atoms with Crippen LogP contribution < -0.4 is 5.32 Å². The van der Waals surface area contributed by atoms with Crippen molar-refractivity contribution < 1.29 is 14.7 Å². The summed E-state index contributed by atoms with van der Waals surface area (Å²) < 4.78 is 1.69. The van der Waals surface area contributed by atoms with Gasteiger partial charge in [-0.25, -0.2) is 0 Å². The van der Waals surface area contributed by atoms with Crippen molar-refractivity contribution in [2.24, 2.45) is 0 Å². The number of hydrogen-bond donors (Lipinski definition) is 2. The SMILES string of the molecule is O=C(O)CC1(NC(=O)c2cc(Br)ccc2I)CCCCC1. The molecule has 1 aliphatic carbocycles. The van der Waals surface area contributed by atoms with Crippen LogP contribution in [0.2, 0.25) is 0 Å². The number of amides is 1. The second kappa shape index (κ2) is 7.09. The maximum Gasteiger partial charge on any atom is 0.305 e. The van der Waals surface area contributed by atoms with Gasteiger partial charge >= 0.3 is 5.97 Å². The lowest BCUT2D eigenvalue weighted by Gasteiger charge is -2.37. The summed E-state index contributed by atoms with van der Waals surface area (Å²) in [6.45, 7) is 0. The molecule has 1 aliphatic rings. The highest BCUT2D eigenvalue weighted by molar-refractivity contribution is 14.1. The highest BCUT2D eigenvalue weighted by atomic mass is 127. The van der Waals surface area contributed by atoms with Crippen molar-refractivity contribution in [3.63, 3.8) is 0 Å². The maximum absolute atomic E-state index is 12.5. The van der Waals surface area contributed by atoms with E-state index in [4.69, 9.17) is 5.11 Å². The van der Waals surface area contributed by atoms with Gasteiger partial charge in [0.25, 0.3) is 5.91 Å². The number of carboxylic acid groups (broad SMARTS) is 1. The van der Waals surface area contributed by atoms with E-state index in [-0.39, 0.29) is 12.3 Å². The Morgan fingerprint density at radius 2 is 1.95 bits per heavy atom. The van der Waals surface area contributed by atoms with Crippen LogP contribution in [0, 0.1) is 3.57 Å². The van der Waals surface area contributed by atoms with Crippen molar-refractivity contribution in [3.8, 4) is 0 Å². The van der Waals surface area contributed by atoms with Crippen LogP contribution in [0.5, 0.6) is 0 Å². The third-order valence-electron chi connectivity index (χ3n) is 3.85. The third-order valence-corrected chi connectivity index (χ3v) is 5.29. The van der Waals surface area contributed by atoms with Crippen molar-refractivity contribution >= 4 is 50.4 Å². The number of hydrogen-bond acceptors (Lipinski definition) is 2. The number of nitrogens with one attached hydrogen (secondary N) is 1. The quantitative estimate of drug-likeness (QED) is 0.661. The van der Waals surface area contributed by atoms with Crippen LogP contribution in [-0.2, 0) is 4.79 Å². The lowest BCUT2D eigenvalue weighted by Crippen LogP contribution is -2.51. The van der Waals surface area contributed by atoms with Gasteiger partial charge in [0.2, 0.25) is 0 Å². The number of benzene rings is 1. The minimum absolute atomic E-state index is 0.0106. The van der Waals surface area contributed by atoms with Gasteiger partial charge in [0.15, 0.2) is 0 Å². The zero-order valence-electron chi connectivity index (χ0n) is 11.5. The molecule has 0 aromatic heterocycles. The Hall–Kier alpha value is -0.630. The zero-order valence-corrected chi connectivity index (χ0v) is 15.2. The van der Waals surface area contributed by atoms with E-state index in [1.165, 1.54) is 0 Å². The summed E-state index contributed by atoms with van der Waals surface area (Å²) in [6.07, 6.45) is 4.48. The molecule has 1 amide bonds. The van der Waals surface area contributed by atoms with Crippen molar-refractivity contribution in [1.82, 2.24) is 5.32 Å². The first-order chi connectivity index (χ1) is 9.92. The molecule has 0 unspecified atom stereocenters. The van der Waals surface area contributed by atoms with Crippen molar-refractivity contribution in [2.45, 2.75) is 44.1 Å². The van der Waals surface area contributed by atoms with Crippen LogP contribution in [0.3, 0.4) is 0 Å². The average molecular weight is 466 g/mol. The summed E-state index contributed by atoms with van der Waals surface area (Å²) >= 11 is 5.48. The molecule has 1 fully saturated rings. The molecule has 2 N–H and O–H groups in total. The van der Waals surface area contributed by atoms with Gasteiger partial charge in [0.1, 0.15) is 0 Å². The van der Waals surface area contributed by atoms with E-state index >= 15 is 0 Å². The number of halogens is 2. The van der Waals surface area contributed by atoms with Gasteiger partial charge in [-0.05, 0) is 53.6 Å². The Kier molecular flexibility index (Phi) is 5.65. The minimum atomic E-state index is -0.860. The number of carboxylic acids is 1. The van der Waals surface area contributed by atoms with E-state index < -0.39 is 11.5 Å². The smallest absolute Gasteiger partial charge is 0.305 e. The molecule has 1 aromatic rings. The fourth-order valence-electron chi connectivity index (χ4n) is 2.84. The minimum Gasteiger partial charge on any atom is -0.481 e.